The van der Waals surface area contributed by atoms with E-state index in [0.717, 1.165) is 25.9 Å². The minimum atomic E-state index is -0.245. The first kappa shape index (κ1) is 14.5. The molecule has 2 atom stereocenters. The minimum Gasteiger partial charge on any atom is -0.393 e. The zero-order valence-electron chi connectivity index (χ0n) is 11.4. The van der Waals surface area contributed by atoms with Crippen LogP contribution in [0.1, 0.15) is 39.0 Å². The van der Waals surface area contributed by atoms with E-state index in [9.17, 15) is 9.90 Å². The van der Waals surface area contributed by atoms with E-state index in [-0.39, 0.29) is 12.0 Å². The normalized spacial score (nSPS) is 23.4. The van der Waals surface area contributed by atoms with E-state index in [4.69, 9.17) is 0 Å². The molecule has 17 heavy (non-hydrogen) atoms. The Kier molecular flexibility index (Phi) is 5.92. The number of hydrogen-bond acceptors (Lipinski definition) is 3. The average molecular weight is 242 g/mol. The molecule has 4 nitrogen and oxygen atoms in total. The van der Waals surface area contributed by atoms with Crippen molar-refractivity contribution in [1.82, 2.24) is 9.80 Å². The van der Waals surface area contributed by atoms with E-state index >= 15 is 0 Å². The van der Waals surface area contributed by atoms with Gasteiger partial charge in [0.05, 0.1) is 6.10 Å². The van der Waals surface area contributed by atoms with Crippen LogP contribution in [0, 0.1) is 0 Å². The topological polar surface area (TPSA) is 43.8 Å². The molecule has 1 rings (SSSR count). The number of carbonyl (C=O) groups is 1. The first-order valence-corrected chi connectivity index (χ1v) is 6.63. The Bertz CT molecular complexity index is 242. The fraction of sp³-hybridized carbons (Fsp3) is 0.923. The van der Waals surface area contributed by atoms with Crippen molar-refractivity contribution in [3.63, 3.8) is 0 Å². The molecule has 2 unspecified atom stereocenters. The molecule has 1 amide bonds. The van der Waals surface area contributed by atoms with Crippen LogP contribution in [-0.4, -0.2) is 60.1 Å². The highest BCUT2D eigenvalue weighted by atomic mass is 16.3. The zero-order chi connectivity index (χ0) is 12.8. The molecule has 0 aliphatic carbocycles. The maximum Gasteiger partial charge on any atom is 0.223 e. The second-order valence-corrected chi connectivity index (χ2v) is 5.31. The Hall–Kier alpha value is -0.610. The van der Waals surface area contributed by atoms with E-state index in [1.54, 1.807) is 19.0 Å². The largest absolute Gasteiger partial charge is 0.393 e. The molecule has 100 valence electrons. The quantitative estimate of drug-likeness (QED) is 0.785. The molecular formula is C13H26N2O2. The first-order chi connectivity index (χ1) is 8.00. The molecule has 0 bridgehead atoms. The van der Waals surface area contributed by atoms with Crippen LogP contribution in [0.3, 0.4) is 0 Å². The number of likely N-dealkylation sites (tertiary alicyclic amines) is 1. The van der Waals surface area contributed by atoms with Gasteiger partial charge in [-0.25, -0.2) is 0 Å². The van der Waals surface area contributed by atoms with Crippen molar-refractivity contribution in [2.24, 2.45) is 0 Å². The first-order valence-electron chi connectivity index (χ1n) is 6.63. The van der Waals surface area contributed by atoms with E-state index in [1.165, 1.54) is 12.8 Å². The van der Waals surface area contributed by atoms with E-state index in [1.807, 2.05) is 6.92 Å². The predicted octanol–water partition coefficient (Wildman–Crippen LogP) is 1.09. The van der Waals surface area contributed by atoms with Crippen molar-refractivity contribution >= 4 is 5.91 Å². The number of aliphatic hydroxyl groups is 1. The summed E-state index contributed by atoms with van der Waals surface area (Å²) in [6.07, 6.45) is 4.79. The van der Waals surface area contributed by atoms with Gasteiger partial charge in [0.1, 0.15) is 0 Å². The van der Waals surface area contributed by atoms with Gasteiger partial charge in [-0.1, -0.05) is 6.42 Å². The van der Waals surface area contributed by atoms with Crippen molar-refractivity contribution in [1.29, 1.82) is 0 Å². The van der Waals surface area contributed by atoms with Crippen molar-refractivity contribution in [3.05, 3.63) is 0 Å². The lowest BCUT2D eigenvalue weighted by Gasteiger charge is -2.36. The second-order valence-electron chi connectivity index (χ2n) is 5.31. The third kappa shape index (κ3) is 5.04. The summed E-state index contributed by atoms with van der Waals surface area (Å²) in [5.41, 5.74) is 0. The van der Waals surface area contributed by atoms with Gasteiger partial charge in [-0.05, 0) is 32.7 Å². The summed E-state index contributed by atoms with van der Waals surface area (Å²) in [6.45, 7) is 3.74. The molecule has 0 aromatic carbocycles. The summed E-state index contributed by atoms with van der Waals surface area (Å²) < 4.78 is 0. The standard InChI is InChI=1S/C13H26N2O2/c1-11(16)10-12-6-4-5-8-15(12)9-7-13(17)14(2)3/h11-12,16H,4-10H2,1-3H3. The minimum absolute atomic E-state index is 0.186. The molecule has 1 aliphatic rings. The van der Waals surface area contributed by atoms with Crippen LogP contribution in [-0.2, 0) is 4.79 Å². The molecule has 0 spiro atoms. The third-order valence-corrected chi connectivity index (χ3v) is 3.47. The van der Waals surface area contributed by atoms with Gasteiger partial charge in [-0.15, -0.1) is 0 Å². The van der Waals surface area contributed by atoms with Crippen LogP contribution >= 0.6 is 0 Å². The Morgan fingerprint density at radius 1 is 1.47 bits per heavy atom. The van der Waals surface area contributed by atoms with Crippen molar-refractivity contribution in [3.8, 4) is 0 Å². The summed E-state index contributed by atoms with van der Waals surface area (Å²) in [6, 6.07) is 0.457. The van der Waals surface area contributed by atoms with Crippen molar-refractivity contribution < 1.29 is 9.90 Å². The summed E-state index contributed by atoms with van der Waals surface area (Å²) in [4.78, 5) is 15.6. The highest BCUT2D eigenvalue weighted by Crippen LogP contribution is 2.21. The average Bonchev–Trinajstić information content (AvgIpc) is 2.26. The Morgan fingerprint density at radius 3 is 2.76 bits per heavy atom. The molecule has 1 aliphatic heterocycles. The van der Waals surface area contributed by atoms with Gasteiger partial charge in [-0.3, -0.25) is 9.69 Å². The van der Waals surface area contributed by atoms with Crippen LogP contribution in [0.15, 0.2) is 0 Å². The number of piperidine rings is 1. The highest BCUT2D eigenvalue weighted by Gasteiger charge is 2.23. The lowest BCUT2D eigenvalue weighted by Crippen LogP contribution is -2.42. The van der Waals surface area contributed by atoms with Crippen molar-refractivity contribution in [2.75, 3.05) is 27.2 Å². The van der Waals surface area contributed by atoms with Gasteiger partial charge >= 0.3 is 0 Å². The Morgan fingerprint density at radius 2 is 2.18 bits per heavy atom. The summed E-state index contributed by atoms with van der Waals surface area (Å²) >= 11 is 0. The number of rotatable bonds is 5. The van der Waals surface area contributed by atoms with E-state index in [0.29, 0.717) is 12.5 Å². The van der Waals surface area contributed by atoms with Crippen LogP contribution < -0.4 is 0 Å². The molecular weight excluding hydrogens is 216 g/mol. The number of aliphatic hydroxyl groups excluding tert-OH is 1. The number of amides is 1. The molecule has 1 heterocycles. The highest BCUT2D eigenvalue weighted by molar-refractivity contribution is 5.75. The Balaban J connectivity index is 2.40. The van der Waals surface area contributed by atoms with Gasteiger partial charge in [0.2, 0.25) is 5.91 Å². The SMILES string of the molecule is CC(O)CC1CCCCN1CCC(=O)N(C)C. The number of hydrogen-bond donors (Lipinski definition) is 1. The summed E-state index contributed by atoms with van der Waals surface area (Å²) in [7, 11) is 3.59. The van der Waals surface area contributed by atoms with Crippen LogP contribution in [0.25, 0.3) is 0 Å². The maximum absolute atomic E-state index is 11.6. The van der Waals surface area contributed by atoms with Crippen molar-refractivity contribution in [2.45, 2.75) is 51.2 Å². The molecule has 0 aromatic heterocycles. The lowest BCUT2D eigenvalue weighted by atomic mass is 9.97. The molecule has 1 fully saturated rings. The fourth-order valence-electron chi connectivity index (χ4n) is 2.48. The molecule has 1 N–H and O–H groups in total. The molecule has 1 saturated heterocycles. The van der Waals surface area contributed by atoms with Gasteiger partial charge in [0, 0.05) is 33.1 Å². The number of carbonyl (C=O) groups excluding carboxylic acids is 1. The monoisotopic (exact) mass is 242 g/mol. The summed E-state index contributed by atoms with van der Waals surface area (Å²) in [5, 5.41) is 9.49. The molecule has 0 radical (unpaired) electrons. The zero-order valence-corrected chi connectivity index (χ0v) is 11.4. The number of nitrogens with zero attached hydrogens (tertiary/aromatic N) is 2. The van der Waals surface area contributed by atoms with Gasteiger partial charge in [-0.2, -0.15) is 0 Å². The smallest absolute Gasteiger partial charge is 0.223 e. The maximum atomic E-state index is 11.6. The lowest BCUT2D eigenvalue weighted by molar-refractivity contribution is -0.129. The second kappa shape index (κ2) is 6.97. The van der Waals surface area contributed by atoms with Gasteiger partial charge in [0.15, 0.2) is 0 Å². The Labute approximate surface area is 105 Å². The molecule has 4 heteroatoms. The predicted molar refractivity (Wildman–Crippen MR) is 68.8 cm³/mol. The van der Waals surface area contributed by atoms with Gasteiger partial charge < -0.3 is 10.0 Å². The molecule has 0 aromatic rings. The fourth-order valence-corrected chi connectivity index (χ4v) is 2.48. The van der Waals surface area contributed by atoms with E-state index < -0.39 is 0 Å². The summed E-state index contributed by atoms with van der Waals surface area (Å²) in [5.74, 6) is 0.186. The van der Waals surface area contributed by atoms with Crippen LogP contribution in [0.2, 0.25) is 0 Å². The van der Waals surface area contributed by atoms with Crippen LogP contribution in [0.4, 0.5) is 0 Å². The van der Waals surface area contributed by atoms with Crippen LogP contribution in [0.5, 0.6) is 0 Å². The van der Waals surface area contributed by atoms with E-state index in [2.05, 4.69) is 4.90 Å². The molecule has 0 saturated carbocycles. The third-order valence-electron chi connectivity index (χ3n) is 3.47. The van der Waals surface area contributed by atoms with Gasteiger partial charge in [0.25, 0.3) is 0 Å².